The minimum Gasteiger partial charge on any atom is -0.355 e. The van der Waals surface area contributed by atoms with E-state index in [1.807, 2.05) is 20.8 Å². The summed E-state index contributed by atoms with van der Waals surface area (Å²) in [6, 6.07) is 12.9. The summed E-state index contributed by atoms with van der Waals surface area (Å²) >= 11 is 0. The van der Waals surface area contributed by atoms with E-state index in [0.29, 0.717) is 25.9 Å². The zero-order valence-electron chi connectivity index (χ0n) is 22.6. The van der Waals surface area contributed by atoms with E-state index < -0.39 is 5.41 Å². The second-order valence-electron chi connectivity index (χ2n) is 10.8. The van der Waals surface area contributed by atoms with Crippen LogP contribution in [0.25, 0.3) is 0 Å². The molecule has 202 valence electrons. The molecule has 0 saturated heterocycles. The minimum absolute atomic E-state index is 0.0209. The minimum atomic E-state index is -0.581. The molecular formula is C30H39N5O3. The summed E-state index contributed by atoms with van der Waals surface area (Å²) in [6.07, 6.45) is 5.89. The third kappa shape index (κ3) is 5.50. The summed E-state index contributed by atoms with van der Waals surface area (Å²) in [5.74, 6) is 0.0209. The molecule has 2 aromatic carbocycles. The summed E-state index contributed by atoms with van der Waals surface area (Å²) in [5.41, 5.74) is 13.3. The molecule has 2 aromatic rings. The number of rotatable bonds is 12. The molecule has 8 nitrogen and oxygen atoms in total. The van der Waals surface area contributed by atoms with Crippen LogP contribution in [0.5, 0.6) is 0 Å². The van der Waals surface area contributed by atoms with Gasteiger partial charge in [-0.15, -0.1) is 0 Å². The van der Waals surface area contributed by atoms with Crippen molar-refractivity contribution in [3.8, 4) is 0 Å². The second kappa shape index (κ2) is 11.9. The predicted octanol–water partition coefficient (Wildman–Crippen LogP) is 3.08. The van der Waals surface area contributed by atoms with Crippen molar-refractivity contribution in [3.05, 3.63) is 69.8 Å². The normalized spacial score (nSPS) is 16.8. The highest BCUT2D eigenvalue weighted by Crippen LogP contribution is 2.47. The van der Waals surface area contributed by atoms with Gasteiger partial charge in [0.15, 0.2) is 0 Å². The number of benzene rings is 2. The van der Waals surface area contributed by atoms with Gasteiger partial charge >= 0.3 is 0 Å². The molecule has 0 saturated carbocycles. The van der Waals surface area contributed by atoms with Crippen LogP contribution in [0.15, 0.2) is 41.5 Å². The smallest absolute Gasteiger partial charge is 0.248 e. The molecular weight excluding hydrogens is 478 g/mol. The van der Waals surface area contributed by atoms with E-state index in [2.05, 4.69) is 47.0 Å². The fraction of sp³-hybridized carbons (Fsp3) is 0.467. The molecule has 0 spiro atoms. The summed E-state index contributed by atoms with van der Waals surface area (Å²) in [7, 11) is 0. The number of nitrogens with two attached hydrogens (primary N) is 1. The SMILES string of the molecule is CC(C)N1N=C(C2(CCC[C@@H](C)N)c3ccc(CNC=O)cc3CCc3cc(CNC=O)ccc32)CC1=O. The predicted molar refractivity (Wildman–Crippen MR) is 148 cm³/mol. The summed E-state index contributed by atoms with van der Waals surface area (Å²) in [5, 5.41) is 12.2. The quantitative estimate of drug-likeness (QED) is 0.375. The molecule has 1 aliphatic heterocycles. The van der Waals surface area contributed by atoms with Gasteiger partial charge in [-0.05, 0) is 79.8 Å². The first-order valence-corrected chi connectivity index (χ1v) is 13.5. The van der Waals surface area contributed by atoms with Crippen LogP contribution in [0.3, 0.4) is 0 Å². The molecule has 0 bridgehead atoms. The van der Waals surface area contributed by atoms with E-state index in [1.54, 1.807) is 5.01 Å². The standard InChI is InChI=1S/C30H39N5O3/c1-20(2)35-29(38)15-28(34-35)30(12-4-5-21(3)31)26-10-6-22(16-32-18-36)13-24(26)8-9-25-14-23(17-33-19-37)7-11-27(25)30/h6-7,10-11,13-14,18-21H,4-5,8-9,12,15-17,31H2,1-3H3,(H,32,36)(H,33,37)/t21-/m1/s1. The average Bonchev–Trinajstić information content (AvgIpc) is 3.24. The third-order valence-electron chi connectivity index (χ3n) is 7.70. The van der Waals surface area contributed by atoms with Crippen molar-refractivity contribution in [1.82, 2.24) is 15.6 Å². The highest BCUT2D eigenvalue weighted by Gasteiger charge is 2.47. The number of amides is 3. The van der Waals surface area contributed by atoms with Crippen molar-refractivity contribution in [2.24, 2.45) is 10.8 Å². The van der Waals surface area contributed by atoms with Gasteiger partial charge in [0.05, 0.1) is 17.5 Å². The Kier molecular flexibility index (Phi) is 8.62. The zero-order valence-corrected chi connectivity index (χ0v) is 22.6. The fourth-order valence-electron chi connectivity index (χ4n) is 5.99. The van der Waals surface area contributed by atoms with Crippen molar-refractivity contribution >= 4 is 24.4 Å². The van der Waals surface area contributed by atoms with Crippen LogP contribution < -0.4 is 16.4 Å². The highest BCUT2D eigenvalue weighted by molar-refractivity contribution is 6.12. The van der Waals surface area contributed by atoms with Crippen molar-refractivity contribution < 1.29 is 14.4 Å². The fourth-order valence-corrected chi connectivity index (χ4v) is 5.99. The molecule has 0 fully saturated rings. The number of carbonyl (C=O) groups is 3. The number of nitrogens with one attached hydrogen (secondary N) is 2. The average molecular weight is 518 g/mol. The van der Waals surface area contributed by atoms with Crippen molar-refractivity contribution in [1.29, 1.82) is 0 Å². The van der Waals surface area contributed by atoms with Gasteiger partial charge in [-0.2, -0.15) is 5.10 Å². The number of hydrazone groups is 1. The van der Waals surface area contributed by atoms with Crippen LogP contribution in [-0.2, 0) is 45.7 Å². The number of carbonyl (C=O) groups excluding carboxylic acids is 3. The molecule has 8 heteroatoms. The van der Waals surface area contributed by atoms with E-state index in [1.165, 1.54) is 22.3 Å². The lowest BCUT2D eigenvalue weighted by Gasteiger charge is -2.37. The van der Waals surface area contributed by atoms with Gasteiger partial charge < -0.3 is 16.4 Å². The third-order valence-corrected chi connectivity index (χ3v) is 7.70. The molecule has 1 atom stereocenters. The molecule has 38 heavy (non-hydrogen) atoms. The first-order valence-electron chi connectivity index (χ1n) is 13.5. The van der Waals surface area contributed by atoms with Crippen molar-refractivity contribution in [2.45, 2.75) is 89.9 Å². The maximum Gasteiger partial charge on any atom is 0.248 e. The van der Waals surface area contributed by atoms with E-state index in [-0.39, 0.29) is 24.4 Å². The van der Waals surface area contributed by atoms with Crippen molar-refractivity contribution in [3.63, 3.8) is 0 Å². The lowest BCUT2D eigenvalue weighted by atomic mass is 9.65. The number of hydrogen-bond donors (Lipinski definition) is 3. The molecule has 3 amide bonds. The summed E-state index contributed by atoms with van der Waals surface area (Å²) < 4.78 is 0. The summed E-state index contributed by atoms with van der Waals surface area (Å²) in [4.78, 5) is 35.0. The van der Waals surface area contributed by atoms with Crippen molar-refractivity contribution in [2.75, 3.05) is 0 Å². The van der Waals surface area contributed by atoms with E-state index >= 15 is 0 Å². The lowest BCUT2D eigenvalue weighted by molar-refractivity contribution is -0.130. The molecule has 0 radical (unpaired) electrons. The Labute approximate surface area is 225 Å². The molecule has 1 heterocycles. The molecule has 4 N–H and O–H groups in total. The number of hydrogen-bond acceptors (Lipinski definition) is 5. The monoisotopic (exact) mass is 517 g/mol. The van der Waals surface area contributed by atoms with Gasteiger partial charge in [0.2, 0.25) is 18.7 Å². The second-order valence-corrected chi connectivity index (χ2v) is 10.8. The molecule has 1 aliphatic carbocycles. The van der Waals surface area contributed by atoms with Gasteiger partial charge in [-0.1, -0.05) is 42.8 Å². The maximum absolute atomic E-state index is 13.2. The van der Waals surface area contributed by atoms with Gasteiger partial charge in [-0.3, -0.25) is 14.4 Å². The maximum atomic E-state index is 13.2. The Bertz CT molecular complexity index is 1160. The van der Waals surface area contributed by atoms with Gasteiger partial charge in [0.25, 0.3) is 0 Å². The Morgan fingerprint density at radius 3 is 1.97 bits per heavy atom. The molecule has 0 unspecified atom stereocenters. The van der Waals surface area contributed by atoms with Crippen LogP contribution in [0, 0.1) is 0 Å². The Balaban J connectivity index is 1.94. The van der Waals surface area contributed by atoms with Gasteiger partial charge in [-0.25, -0.2) is 5.01 Å². The Morgan fingerprint density at radius 1 is 0.974 bits per heavy atom. The molecule has 4 rings (SSSR count). The van der Waals surface area contributed by atoms with Crippen LogP contribution in [0.4, 0.5) is 0 Å². The topological polar surface area (TPSA) is 117 Å². The molecule has 2 aliphatic rings. The Hall–Kier alpha value is -3.52. The van der Waals surface area contributed by atoms with Crippen LogP contribution in [-0.4, -0.2) is 41.5 Å². The van der Waals surface area contributed by atoms with Crippen LogP contribution >= 0.6 is 0 Å². The zero-order chi connectivity index (χ0) is 27.3. The number of aryl methyl sites for hydroxylation is 2. The first kappa shape index (κ1) is 27.5. The number of fused-ring (bicyclic) bond motifs is 2. The summed E-state index contributed by atoms with van der Waals surface area (Å²) in [6.45, 7) is 6.92. The van der Waals surface area contributed by atoms with E-state index in [4.69, 9.17) is 10.8 Å². The van der Waals surface area contributed by atoms with Gasteiger partial charge in [0.1, 0.15) is 0 Å². The van der Waals surface area contributed by atoms with Crippen LogP contribution in [0.2, 0.25) is 0 Å². The highest BCUT2D eigenvalue weighted by atomic mass is 16.2. The van der Waals surface area contributed by atoms with Gasteiger partial charge in [0, 0.05) is 25.2 Å². The number of nitrogens with zero attached hydrogens (tertiary/aromatic N) is 2. The van der Waals surface area contributed by atoms with E-state index in [9.17, 15) is 14.4 Å². The Morgan fingerprint density at radius 2 is 1.53 bits per heavy atom. The molecule has 0 aromatic heterocycles. The lowest BCUT2D eigenvalue weighted by Crippen LogP contribution is -2.38. The largest absolute Gasteiger partial charge is 0.355 e. The first-order chi connectivity index (χ1) is 18.3. The van der Waals surface area contributed by atoms with Crippen LogP contribution in [0.1, 0.15) is 79.8 Å². The van der Waals surface area contributed by atoms with E-state index in [0.717, 1.165) is 48.9 Å².